The average molecular weight is 169 g/mol. The van der Waals surface area contributed by atoms with Gasteiger partial charge >= 0.3 is 0 Å². The van der Waals surface area contributed by atoms with Crippen LogP contribution in [0.15, 0.2) is 42.5 Å². The molecule has 0 spiro atoms. The fourth-order valence-electron chi connectivity index (χ4n) is 1.52. The highest BCUT2D eigenvalue weighted by Gasteiger charge is 1.94. The van der Waals surface area contributed by atoms with Crippen LogP contribution in [0.1, 0.15) is 5.56 Å². The summed E-state index contributed by atoms with van der Waals surface area (Å²) >= 11 is 0. The van der Waals surface area contributed by atoms with Gasteiger partial charge in [0.25, 0.3) is 0 Å². The molecule has 2 aromatic carbocycles. The first-order chi connectivity index (χ1) is 6.42. The molecule has 0 unspecified atom stereocenters. The van der Waals surface area contributed by atoms with Crippen molar-refractivity contribution in [2.45, 2.75) is 6.42 Å². The maximum Gasteiger partial charge on any atom is -0.0176 e. The van der Waals surface area contributed by atoms with Gasteiger partial charge in [-0.05, 0) is 10.8 Å². The Morgan fingerprint density at radius 2 is 1.77 bits per heavy atom. The van der Waals surface area contributed by atoms with Gasteiger partial charge in [0.1, 0.15) is 0 Å². The lowest BCUT2D eigenvalue weighted by Crippen LogP contribution is -1.86. The highest BCUT2D eigenvalue weighted by Crippen LogP contribution is 2.17. The number of benzene rings is 2. The molecule has 2 aromatic rings. The zero-order chi connectivity index (χ0) is 9.10. The van der Waals surface area contributed by atoms with Crippen molar-refractivity contribution in [1.29, 1.82) is 0 Å². The van der Waals surface area contributed by atoms with Gasteiger partial charge in [-0.25, -0.2) is 0 Å². The molecule has 0 radical (unpaired) electrons. The topological polar surface area (TPSA) is 17.1 Å². The van der Waals surface area contributed by atoms with Crippen molar-refractivity contribution in [3.05, 3.63) is 48.0 Å². The van der Waals surface area contributed by atoms with Crippen molar-refractivity contribution < 1.29 is 4.79 Å². The first-order valence-corrected chi connectivity index (χ1v) is 4.23. The van der Waals surface area contributed by atoms with Crippen molar-refractivity contribution >= 4 is 17.1 Å². The van der Waals surface area contributed by atoms with Crippen LogP contribution in [0.25, 0.3) is 10.8 Å². The van der Waals surface area contributed by atoms with Gasteiger partial charge in [0.15, 0.2) is 0 Å². The molecule has 0 aliphatic carbocycles. The number of carbonyl (C=O) groups excluding carboxylic acids is 1. The second-order valence-corrected chi connectivity index (χ2v) is 2.96. The van der Waals surface area contributed by atoms with E-state index < -0.39 is 0 Å². The van der Waals surface area contributed by atoms with E-state index in [4.69, 9.17) is 0 Å². The van der Waals surface area contributed by atoms with Gasteiger partial charge in [-0.3, -0.25) is 6.29 Å². The lowest BCUT2D eigenvalue weighted by molar-refractivity contribution is 0.555. The van der Waals surface area contributed by atoms with Crippen molar-refractivity contribution in [3.63, 3.8) is 0 Å². The summed E-state index contributed by atoms with van der Waals surface area (Å²) in [5, 5.41) is 2.32. The van der Waals surface area contributed by atoms with E-state index in [2.05, 4.69) is 0 Å². The molecule has 1 heteroatoms. The molecule has 0 amide bonds. The Morgan fingerprint density at radius 1 is 1.00 bits per heavy atom. The summed E-state index contributed by atoms with van der Waals surface area (Å²) in [6.45, 7) is 0. The lowest BCUT2D eigenvalue weighted by atomic mass is 10.0. The molecule has 13 heavy (non-hydrogen) atoms. The molecule has 0 aliphatic heterocycles. The molecule has 2 rings (SSSR count). The predicted octanol–water partition coefficient (Wildman–Crippen LogP) is 2.49. The largest absolute Gasteiger partial charge is 0.541 e. The Hall–Kier alpha value is -1.63. The van der Waals surface area contributed by atoms with E-state index in [-0.39, 0.29) is 0 Å². The second-order valence-electron chi connectivity index (χ2n) is 2.96. The van der Waals surface area contributed by atoms with Crippen LogP contribution in [0.5, 0.6) is 0 Å². The molecule has 1 nitrogen and oxygen atoms in total. The zero-order valence-electron chi connectivity index (χ0n) is 7.16. The van der Waals surface area contributed by atoms with E-state index >= 15 is 0 Å². The highest BCUT2D eigenvalue weighted by molar-refractivity contribution is 5.87. The van der Waals surface area contributed by atoms with Crippen molar-refractivity contribution in [3.8, 4) is 0 Å². The third-order valence-electron chi connectivity index (χ3n) is 2.14. The van der Waals surface area contributed by atoms with Gasteiger partial charge in [-0.15, -0.1) is 6.42 Å². The Labute approximate surface area is 77.0 Å². The molecule has 0 saturated heterocycles. The number of hydrogen-bond acceptors (Lipinski definition) is 1. The Bertz CT molecular complexity index is 427. The van der Waals surface area contributed by atoms with Crippen LogP contribution in [0, 0.1) is 0 Å². The Morgan fingerprint density at radius 3 is 2.62 bits per heavy atom. The molecule has 0 aliphatic rings. The van der Waals surface area contributed by atoms with E-state index in [1.54, 1.807) is 0 Å². The van der Waals surface area contributed by atoms with Crippen LogP contribution in [0.4, 0.5) is 0 Å². The third-order valence-corrected chi connectivity index (χ3v) is 2.14. The molecule has 0 aromatic heterocycles. The highest BCUT2D eigenvalue weighted by atomic mass is 16.1. The summed E-state index contributed by atoms with van der Waals surface area (Å²) in [5.74, 6) is 0. The normalized spacial score (nSPS) is 10.2. The molecule has 0 saturated carbocycles. The van der Waals surface area contributed by atoms with Crippen LogP contribution in [-0.2, 0) is 11.2 Å². The molecule has 0 bridgehead atoms. The fourth-order valence-corrected chi connectivity index (χ4v) is 1.52. The summed E-state index contributed by atoms with van der Waals surface area (Å²) in [4.78, 5) is 10.3. The quantitative estimate of drug-likeness (QED) is 0.631. The fraction of sp³-hybridized carbons (Fsp3) is 0.0833. The molecule has 0 heterocycles. The first kappa shape index (κ1) is 7.99. The van der Waals surface area contributed by atoms with Gasteiger partial charge in [-0.2, -0.15) is 0 Å². The number of hydrogen-bond donors (Lipinski definition) is 0. The molecule has 0 N–H and O–H groups in total. The molecular weight excluding hydrogens is 160 g/mol. The van der Waals surface area contributed by atoms with Crippen LogP contribution in [0.3, 0.4) is 0 Å². The average Bonchev–Trinajstić information content (AvgIpc) is 2.19. The molecule has 0 atom stereocenters. The number of fused-ring (bicyclic) bond motifs is 1. The lowest BCUT2D eigenvalue weighted by Gasteiger charge is -2.06. The second kappa shape index (κ2) is 3.40. The number of rotatable bonds is 2. The first-order valence-electron chi connectivity index (χ1n) is 4.23. The minimum Gasteiger partial charge on any atom is -0.541 e. The molecule has 64 valence electrons. The van der Waals surface area contributed by atoms with Gasteiger partial charge in [0.2, 0.25) is 0 Å². The summed E-state index contributed by atoms with van der Waals surface area (Å²) < 4.78 is 0. The summed E-state index contributed by atoms with van der Waals surface area (Å²) in [6.07, 6.45) is 2.30. The Balaban J connectivity index is 2.68. The van der Waals surface area contributed by atoms with E-state index in [0.29, 0.717) is 6.42 Å². The van der Waals surface area contributed by atoms with E-state index in [0.717, 1.165) is 10.9 Å². The van der Waals surface area contributed by atoms with Gasteiger partial charge < -0.3 is 4.79 Å². The summed E-state index contributed by atoms with van der Waals surface area (Å²) in [5.41, 5.74) is 1.05. The minimum absolute atomic E-state index is 0.376. The smallest absolute Gasteiger partial charge is 0.0176 e. The standard InChI is InChI=1S/C12H9O/c13-9-8-11-6-3-5-10-4-1-2-7-12(10)11/h1-7H,8H2/q-1. The maximum absolute atomic E-state index is 10.3. The molecule has 0 fully saturated rings. The van der Waals surface area contributed by atoms with Crippen LogP contribution in [0.2, 0.25) is 0 Å². The predicted molar refractivity (Wildman–Crippen MR) is 53.3 cm³/mol. The van der Waals surface area contributed by atoms with Crippen molar-refractivity contribution in [2.75, 3.05) is 0 Å². The van der Waals surface area contributed by atoms with Crippen LogP contribution in [-0.4, -0.2) is 6.29 Å². The monoisotopic (exact) mass is 169 g/mol. The SMILES string of the molecule is O=[C-]Cc1cccc2ccccc12. The molecular formula is C12H9O-. The van der Waals surface area contributed by atoms with E-state index in [9.17, 15) is 4.79 Å². The van der Waals surface area contributed by atoms with Crippen molar-refractivity contribution in [1.82, 2.24) is 0 Å². The Kier molecular flexibility index (Phi) is 2.09. The van der Waals surface area contributed by atoms with E-state index in [1.807, 2.05) is 48.8 Å². The zero-order valence-corrected chi connectivity index (χ0v) is 7.16. The van der Waals surface area contributed by atoms with Crippen molar-refractivity contribution in [2.24, 2.45) is 0 Å². The van der Waals surface area contributed by atoms with Gasteiger partial charge in [0.05, 0.1) is 0 Å². The minimum atomic E-state index is 0.376. The summed E-state index contributed by atoms with van der Waals surface area (Å²) in [6, 6.07) is 14.0. The van der Waals surface area contributed by atoms with E-state index in [1.165, 1.54) is 5.39 Å². The maximum atomic E-state index is 10.3. The van der Waals surface area contributed by atoms with Crippen LogP contribution < -0.4 is 0 Å². The van der Waals surface area contributed by atoms with Gasteiger partial charge in [0, 0.05) is 0 Å². The third kappa shape index (κ3) is 1.45. The van der Waals surface area contributed by atoms with Gasteiger partial charge in [-0.1, -0.05) is 48.0 Å². The van der Waals surface area contributed by atoms with Crippen LogP contribution >= 0.6 is 0 Å². The summed E-state index contributed by atoms with van der Waals surface area (Å²) in [7, 11) is 0.